The summed E-state index contributed by atoms with van der Waals surface area (Å²) in [6.45, 7) is 2.80. The molecule has 5 nitrogen and oxygen atoms in total. The van der Waals surface area contributed by atoms with Gasteiger partial charge in [-0.2, -0.15) is 0 Å². The summed E-state index contributed by atoms with van der Waals surface area (Å²) in [5.74, 6) is -0.216. The first-order valence-electron chi connectivity index (χ1n) is 8.03. The fourth-order valence-electron chi connectivity index (χ4n) is 3.10. The molecule has 5 heteroatoms. The van der Waals surface area contributed by atoms with E-state index in [-0.39, 0.29) is 0 Å². The van der Waals surface area contributed by atoms with E-state index in [1.165, 1.54) is 12.5 Å². The molecule has 1 saturated heterocycles. The standard InChI is InChI=1S/C18H21N3O2/c22-17(23)4-2-11-21-12-9-14(13-21)5-7-16-8-6-15-3-1-10-19-18(15)20-16/h1-4,6,8,10,14H,5,7,9,11-13H2,(H,22,23)/b4-2+/t14-/m1/s1. The van der Waals surface area contributed by atoms with Crippen molar-refractivity contribution in [1.29, 1.82) is 0 Å². The minimum atomic E-state index is -0.878. The molecule has 0 saturated carbocycles. The van der Waals surface area contributed by atoms with Gasteiger partial charge in [-0.3, -0.25) is 4.90 Å². The van der Waals surface area contributed by atoms with Crippen LogP contribution in [0.25, 0.3) is 11.0 Å². The van der Waals surface area contributed by atoms with Gasteiger partial charge in [0.1, 0.15) is 0 Å². The Kier molecular flexibility index (Phi) is 4.98. The molecule has 1 fully saturated rings. The topological polar surface area (TPSA) is 66.3 Å². The van der Waals surface area contributed by atoms with Crippen molar-refractivity contribution >= 4 is 17.0 Å². The van der Waals surface area contributed by atoms with Crippen LogP contribution in [-0.2, 0) is 11.2 Å². The molecule has 3 heterocycles. The van der Waals surface area contributed by atoms with Crippen LogP contribution in [0.3, 0.4) is 0 Å². The summed E-state index contributed by atoms with van der Waals surface area (Å²) in [4.78, 5) is 21.7. The SMILES string of the molecule is O=C(O)/C=C/CN1CC[C@@H](CCc2ccc3cccnc3n2)C1. The van der Waals surface area contributed by atoms with E-state index in [1.807, 2.05) is 12.1 Å². The van der Waals surface area contributed by atoms with E-state index < -0.39 is 5.97 Å². The van der Waals surface area contributed by atoms with Crippen molar-refractivity contribution in [2.75, 3.05) is 19.6 Å². The van der Waals surface area contributed by atoms with E-state index >= 15 is 0 Å². The molecule has 1 atom stereocenters. The van der Waals surface area contributed by atoms with Crippen LogP contribution >= 0.6 is 0 Å². The fourth-order valence-corrected chi connectivity index (χ4v) is 3.10. The van der Waals surface area contributed by atoms with Gasteiger partial charge in [0.05, 0.1) is 0 Å². The molecule has 0 aliphatic carbocycles. The largest absolute Gasteiger partial charge is 0.478 e. The van der Waals surface area contributed by atoms with Crippen molar-refractivity contribution in [2.24, 2.45) is 5.92 Å². The molecule has 1 aliphatic heterocycles. The van der Waals surface area contributed by atoms with Crippen molar-refractivity contribution in [3.05, 3.63) is 48.3 Å². The molecule has 0 amide bonds. The van der Waals surface area contributed by atoms with E-state index in [0.29, 0.717) is 5.92 Å². The Hall–Kier alpha value is -2.27. The number of aliphatic carboxylic acids is 1. The van der Waals surface area contributed by atoms with Crippen molar-refractivity contribution in [2.45, 2.75) is 19.3 Å². The van der Waals surface area contributed by atoms with E-state index in [1.54, 1.807) is 12.3 Å². The minimum absolute atomic E-state index is 0.662. The summed E-state index contributed by atoms with van der Waals surface area (Å²) in [5.41, 5.74) is 1.91. The van der Waals surface area contributed by atoms with Crippen LogP contribution in [0.4, 0.5) is 0 Å². The van der Waals surface area contributed by atoms with Crippen LogP contribution < -0.4 is 0 Å². The maximum atomic E-state index is 10.5. The average molecular weight is 311 g/mol. The van der Waals surface area contributed by atoms with Crippen molar-refractivity contribution < 1.29 is 9.90 Å². The number of likely N-dealkylation sites (tertiary alicyclic amines) is 1. The van der Waals surface area contributed by atoms with Crippen molar-refractivity contribution in [3.8, 4) is 0 Å². The Labute approximate surface area is 135 Å². The first-order valence-corrected chi connectivity index (χ1v) is 8.03. The molecular formula is C18H21N3O2. The number of fused-ring (bicyclic) bond motifs is 1. The number of hydrogen-bond donors (Lipinski definition) is 1. The van der Waals surface area contributed by atoms with Gasteiger partial charge in [0.2, 0.25) is 0 Å². The van der Waals surface area contributed by atoms with Crippen molar-refractivity contribution in [3.63, 3.8) is 0 Å². The Morgan fingerprint density at radius 2 is 2.30 bits per heavy atom. The van der Waals surface area contributed by atoms with Gasteiger partial charge in [0.15, 0.2) is 5.65 Å². The molecular weight excluding hydrogens is 290 g/mol. The third-order valence-electron chi connectivity index (χ3n) is 4.32. The second kappa shape index (κ2) is 7.33. The number of carboxylic acids is 1. The lowest BCUT2D eigenvalue weighted by Crippen LogP contribution is -2.21. The maximum Gasteiger partial charge on any atom is 0.328 e. The highest BCUT2D eigenvalue weighted by Gasteiger charge is 2.21. The predicted octanol–water partition coefficient (Wildman–Crippen LogP) is 2.53. The highest BCUT2D eigenvalue weighted by atomic mass is 16.4. The number of nitrogens with zero attached hydrogens (tertiary/aromatic N) is 3. The maximum absolute atomic E-state index is 10.5. The molecule has 1 N–H and O–H groups in total. The first-order chi connectivity index (χ1) is 11.2. The summed E-state index contributed by atoms with van der Waals surface area (Å²) in [7, 11) is 0. The van der Waals surface area contributed by atoms with Gasteiger partial charge in [0, 0.05) is 36.4 Å². The normalized spacial score (nSPS) is 18.9. The zero-order valence-electron chi connectivity index (χ0n) is 13.1. The minimum Gasteiger partial charge on any atom is -0.478 e. The molecule has 0 bridgehead atoms. The lowest BCUT2D eigenvalue weighted by Gasteiger charge is -2.13. The zero-order chi connectivity index (χ0) is 16.1. The van der Waals surface area contributed by atoms with Gasteiger partial charge in [0.25, 0.3) is 0 Å². The zero-order valence-corrected chi connectivity index (χ0v) is 13.1. The molecule has 1 aliphatic rings. The molecule has 0 radical (unpaired) electrons. The molecule has 120 valence electrons. The lowest BCUT2D eigenvalue weighted by atomic mass is 10.0. The summed E-state index contributed by atoms with van der Waals surface area (Å²) < 4.78 is 0. The summed E-state index contributed by atoms with van der Waals surface area (Å²) in [6, 6.07) is 8.13. The smallest absolute Gasteiger partial charge is 0.328 e. The Balaban J connectivity index is 1.49. The summed E-state index contributed by atoms with van der Waals surface area (Å²) in [5, 5.41) is 9.68. The van der Waals surface area contributed by atoms with E-state index in [4.69, 9.17) is 5.11 Å². The highest BCUT2D eigenvalue weighted by Crippen LogP contribution is 2.21. The van der Waals surface area contributed by atoms with Gasteiger partial charge in [-0.15, -0.1) is 0 Å². The number of aryl methyl sites for hydroxylation is 1. The van der Waals surface area contributed by atoms with Crippen LogP contribution in [0.2, 0.25) is 0 Å². The Morgan fingerprint density at radius 1 is 1.39 bits per heavy atom. The number of aromatic nitrogens is 2. The fraction of sp³-hybridized carbons (Fsp3) is 0.389. The monoisotopic (exact) mass is 311 g/mol. The van der Waals surface area contributed by atoms with Gasteiger partial charge >= 0.3 is 5.97 Å². The van der Waals surface area contributed by atoms with Crippen LogP contribution in [0.1, 0.15) is 18.5 Å². The quantitative estimate of drug-likeness (QED) is 0.830. The van der Waals surface area contributed by atoms with Gasteiger partial charge < -0.3 is 5.11 Å². The Bertz CT molecular complexity index is 714. The summed E-state index contributed by atoms with van der Waals surface area (Å²) >= 11 is 0. The number of pyridine rings is 2. The molecule has 23 heavy (non-hydrogen) atoms. The number of rotatable bonds is 6. The number of carbonyl (C=O) groups is 1. The van der Waals surface area contributed by atoms with Crippen molar-refractivity contribution in [1.82, 2.24) is 14.9 Å². The second-order valence-electron chi connectivity index (χ2n) is 6.05. The van der Waals surface area contributed by atoms with Gasteiger partial charge in [-0.25, -0.2) is 14.8 Å². The highest BCUT2D eigenvalue weighted by molar-refractivity contribution is 5.79. The molecule has 0 aromatic carbocycles. The lowest BCUT2D eigenvalue weighted by molar-refractivity contribution is -0.131. The molecule has 0 spiro atoms. The van der Waals surface area contributed by atoms with Crippen LogP contribution in [0.5, 0.6) is 0 Å². The number of hydrogen-bond acceptors (Lipinski definition) is 4. The van der Waals surface area contributed by atoms with E-state index in [9.17, 15) is 4.79 Å². The third-order valence-corrected chi connectivity index (χ3v) is 4.32. The van der Waals surface area contributed by atoms with E-state index in [2.05, 4.69) is 27.0 Å². The molecule has 3 rings (SSSR count). The van der Waals surface area contributed by atoms with Crippen LogP contribution in [0, 0.1) is 5.92 Å². The Morgan fingerprint density at radius 3 is 3.17 bits per heavy atom. The van der Waals surface area contributed by atoms with Crippen LogP contribution in [-0.4, -0.2) is 45.6 Å². The molecule has 0 unspecified atom stereocenters. The van der Waals surface area contributed by atoms with E-state index in [0.717, 1.165) is 49.2 Å². The third kappa shape index (κ3) is 4.36. The molecule has 2 aromatic rings. The average Bonchev–Trinajstić information content (AvgIpc) is 3.00. The molecule has 2 aromatic heterocycles. The second-order valence-corrected chi connectivity index (χ2v) is 6.05. The van der Waals surface area contributed by atoms with Gasteiger partial charge in [-0.1, -0.05) is 6.08 Å². The predicted molar refractivity (Wildman–Crippen MR) is 89.2 cm³/mol. The summed E-state index contributed by atoms with van der Waals surface area (Å²) in [6.07, 6.45) is 7.98. The van der Waals surface area contributed by atoms with Crippen LogP contribution in [0.15, 0.2) is 42.6 Å². The van der Waals surface area contributed by atoms with Gasteiger partial charge in [-0.05, 0) is 56.0 Å². The first kappa shape index (κ1) is 15.6. The number of carboxylic acid groups (broad SMARTS) is 1.